The topological polar surface area (TPSA) is 104 Å². The maximum Gasteiger partial charge on any atom is 0.271 e. The van der Waals surface area contributed by atoms with E-state index in [2.05, 4.69) is 20.8 Å². The highest BCUT2D eigenvalue weighted by Gasteiger charge is 2.05. The van der Waals surface area contributed by atoms with Gasteiger partial charge in [0.25, 0.3) is 11.5 Å². The number of aromatic amines is 1. The van der Waals surface area contributed by atoms with E-state index in [0.29, 0.717) is 13.1 Å². The molecule has 2 amide bonds. The second-order valence-electron chi connectivity index (χ2n) is 3.05. The Hall–Kier alpha value is -2.18. The van der Waals surface area contributed by atoms with Crippen molar-refractivity contribution in [1.82, 2.24) is 20.8 Å². The first-order chi connectivity index (χ1) is 7.59. The smallest absolute Gasteiger partial charge is 0.271 e. The molecule has 0 saturated heterocycles. The van der Waals surface area contributed by atoms with Gasteiger partial charge in [-0.3, -0.25) is 14.4 Å². The normalized spacial score (nSPS) is 9.56. The zero-order valence-corrected chi connectivity index (χ0v) is 8.74. The number of hydrogen-bond donors (Lipinski definition) is 3. The average Bonchev–Trinajstić information content (AvgIpc) is 2.25. The summed E-state index contributed by atoms with van der Waals surface area (Å²) in [5.41, 5.74) is -0.239. The van der Waals surface area contributed by atoms with Gasteiger partial charge in [0.15, 0.2) is 0 Å². The summed E-state index contributed by atoms with van der Waals surface area (Å²) in [5.74, 6) is -0.557. The average molecular weight is 224 g/mol. The van der Waals surface area contributed by atoms with Crippen LogP contribution >= 0.6 is 0 Å². The number of H-pyrrole nitrogens is 1. The van der Waals surface area contributed by atoms with Gasteiger partial charge in [-0.2, -0.15) is 5.10 Å². The van der Waals surface area contributed by atoms with E-state index in [1.165, 1.54) is 19.1 Å². The van der Waals surface area contributed by atoms with E-state index in [1.54, 1.807) is 0 Å². The standard InChI is InChI=1S/C9H12N4O3/c1-6(14)10-4-5-11-9(16)7-2-3-8(15)13-12-7/h2-3H,4-5H2,1H3,(H,10,14)(H,11,16)(H,13,15). The quantitative estimate of drug-likeness (QED) is 0.549. The van der Waals surface area contributed by atoms with Crippen molar-refractivity contribution < 1.29 is 9.59 Å². The highest BCUT2D eigenvalue weighted by molar-refractivity contribution is 5.91. The van der Waals surface area contributed by atoms with Crippen molar-refractivity contribution in [2.45, 2.75) is 6.92 Å². The number of nitrogens with one attached hydrogen (secondary N) is 3. The van der Waals surface area contributed by atoms with E-state index in [1.807, 2.05) is 0 Å². The molecule has 16 heavy (non-hydrogen) atoms. The SMILES string of the molecule is CC(=O)NCCNC(=O)c1ccc(=O)[nH]n1. The molecule has 0 spiro atoms. The van der Waals surface area contributed by atoms with Gasteiger partial charge in [-0.05, 0) is 6.07 Å². The van der Waals surface area contributed by atoms with Crippen molar-refractivity contribution in [3.05, 3.63) is 28.2 Å². The summed E-state index contributed by atoms with van der Waals surface area (Å²) < 4.78 is 0. The summed E-state index contributed by atoms with van der Waals surface area (Å²) in [5, 5.41) is 10.8. The van der Waals surface area contributed by atoms with Crippen molar-refractivity contribution in [2.75, 3.05) is 13.1 Å². The largest absolute Gasteiger partial charge is 0.355 e. The van der Waals surface area contributed by atoms with Gasteiger partial charge in [-0.1, -0.05) is 0 Å². The van der Waals surface area contributed by atoms with Gasteiger partial charge >= 0.3 is 0 Å². The maximum absolute atomic E-state index is 11.4. The van der Waals surface area contributed by atoms with Crippen molar-refractivity contribution in [3.63, 3.8) is 0 Å². The summed E-state index contributed by atoms with van der Waals surface area (Å²) in [7, 11) is 0. The minimum Gasteiger partial charge on any atom is -0.355 e. The first kappa shape index (κ1) is 11.9. The third-order valence-corrected chi connectivity index (χ3v) is 1.70. The maximum atomic E-state index is 11.4. The molecular formula is C9H12N4O3. The van der Waals surface area contributed by atoms with Crippen LogP contribution in [0.25, 0.3) is 0 Å². The molecule has 0 fully saturated rings. The van der Waals surface area contributed by atoms with Crippen LogP contribution in [0.2, 0.25) is 0 Å². The first-order valence-corrected chi connectivity index (χ1v) is 4.68. The van der Waals surface area contributed by atoms with E-state index >= 15 is 0 Å². The van der Waals surface area contributed by atoms with E-state index in [9.17, 15) is 14.4 Å². The van der Waals surface area contributed by atoms with Gasteiger partial charge in [0.2, 0.25) is 5.91 Å². The number of rotatable bonds is 4. The molecule has 3 N–H and O–H groups in total. The number of hydrogen-bond acceptors (Lipinski definition) is 4. The number of carbonyl (C=O) groups is 2. The second kappa shape index (κ2) is 5.64. The predicted molar refractivity (Wildman–Crippen MR) is 55.9 cm³/mol. The second-order valence-corrected chi connectivity index (χ2v) is 3.05. The predicted octanol–water partition coefficient (Wildman–Crippen LogP) is -1.36. The Bertz CT molecular complexity index is 420. The third-order valence-electron chi connectivity index (χ3n) is 1.70. The van der Waals surface area contributed by atoms with E-state index in [4.69, 9.17) is 0 Å². The number of amides is 2. The fraction of sp³-hybridized carbons (Fsp3) is 0.333. The van der Waals surface area contributed by atoms with Crippen molar-refractivity contribution in [1.29, 1.82) is 0 Å². The van der Waals surface area contributed by atoms with Crippen LogP contribution in [-0.4, -0.2) is 35.1 Å². The minimum atomic E-state index is -0.401. The van der Waals surface area contributed by atoms with Gasteiger partial charge in [0.1, 0.15) is 5.69 Å². The van der Waals surface area contributed by atoms with Crippen LogP contribution in [0, 0.1) is 0 Å². The lowest BCUT2D eigenvalue weighted by atomic mass is 10.3. The molecule has 0 atom stereocenters. The fourth-order valence-corrected chi connectivity index (χ4v) is 0.976. The molecule has 0 saturated carbocycles. The lowest BCUT2D eigenvalue weighted by molar-refractivity contribution is -0.118. The Morgan fingerprint density at radius 2 is 2.00 bits per heavy atom. The Morgan fingerprint density at radius 3 is 2.56 bits per heavy atom. The molecule has 1 aromatic heterocycles. The number of aromatic nitrogens is 2. The lowest BCUT2D eigenvalue weighted by Crippen LogP contribution is -2.34. The summed E-state index contributed by atoms with van der Waals surface area (Å²) >= 11 is 0. The molecule has 0 radical (unpaired) electrons. The molecule has 7 heteroatoms. The van der Waals surface area contributed by atoms with Gasteiger partial charge in [0, 0.05) is 26.1 Å². The van der Waals surface area contributed by atoms with Gasteiger partial charge in [0.05, 0.1) is 0 Å². The van der Waals surface area contributed by atoms with Crippen LogP contribution < -0.4 is 16.2 Å². The Balaban J connectivity index is 2.38. The summed E-state index contributed by atoms with van der Waals surface area (Å²) in [6, 6.07) is 2.54. The van der Waals surface area contributed by atoms with Crippen LogP contribution in [-0.2, 0) is 4.79 Å². The fourth-order valence-electron chi connectivity index (χ4n) is 0.976. The van der Waals surface area contributed by atoms with E-state index in [-0.39, 0.29) is 17.2 Å². The third kappa shape index (κ3) is 3.91. The number of carbonyl (C=O) groups excluding carboxylic acids is 2. The molecule has 0 aliphatic heterocycles. The van der Waals surface area contributed by atoms with Crippen molar-refractivity contribution in [2.24, 2.45) is 0 Å². The van der Waals surface area contributed by atoms with Gasteiger partial charge in [-0.25, -0.2) is 5.10 Å². The Labute approximate surface area is 91.2 Å². The molecule has 0 aliphatic carbocycles. The lowest BCUT2D eigenvalue weighted by Gasteiger charge is -2.04. The molecule has 0 aliphatic rings. The van der Waals surface area contributed by atoms with E-state index < -0.39 is 5.91 Å². The van der Waals surface area contributed by atoms with Crippen LogP contribution in [0.15, 0.2) is 16.9 Å². The molecule has 0 bridgehead atoms. The molecule has 0 aromatic carbocycles. The zero-order valence-electron chi connectivity index (χ0n) is 8.74. The zero-order chi connectivity index (χ0) is 12.0. The molecular weight excluding hydrogens is 212 g/mol. The Kier molecular flexibility index (Phi) is 4.19. The van der Waals surface area contributed by atoms with Crippen LogP contribution in [0.5, 0.6) is 0 Å². The summed E-state index contributed by atoms with van der Waals surface area (Å²) in [6.07, 6.45) is 0. The van der Waals surface area contributed by atoms with E-state index in [0.717, 1.165) is 0 Å². The van der Waals surface area contributed by atoms with Crippen LogP contribution in [0.4, 0.5) is 0 Å². The van der Waals surface area contributed by atoms with Crippen molar-refractivity contribution in [3.8, 4) is 0 Å². The molecule has 7 nitrogen and oxygen atoms in total. The molecule has 1 rings (SSSR count). The van der Waals surface area contributed by atoms with Crippen LogP contribution in [0.3, 0.4) is 0 Å². The van der Waals surface area contributed by atoms with Gasteiger partial charge in [-0.15, -0.1) is 0 Å². The summed E-state index contributed by atoms with van der Waals surface area (Å²) in [4.78, 5) is 32.6. The van der Waals surface area contributed by atoms with Gasteiger partial charge < -0.3 is 10.6 Å². The molecule has 1 aromatic rings. The number of nitrogens with zero attached hydrogens (tertiary/aromatic N) is 1. The van der Waals surface area contributed by atoms with Crippen molar-refractivity contribution >= 4 is 11.8 Å². The monoisotopic (exact) mass is 224 g/mol. The highest BCUT2D eigenvalue weighted by atomic mass is 16.2. The summed E-state index contributed by atoms with van der Waals surface area (Å²) in [6.45, 7) is 2.05. The molecule has 0 unspecified atom stereocenters. The minimum absolute atomic E-state index is 0.127. The molecule has 1 heterocycles. The highest BCUT2D eigenvalue weighted by Crippen LogP contribution is 1.87. The van der Waals surface area contributed by atoms with Crippen LogP contribution in [0.1, 0.15) is 17.4 Å². The molecule has 86 valence electrons. The first-order valence-electron chi connectivity index (χ1n) is 4.68. The Morgan fingerprint density at radius 1 is 1.31 bits per heavy atom.